The smallest absolute Gasteiger partial charge is 0.357 e. The Bertz CT molecular complexity index is 591. The summed E-state index contributed by atoms with van der Waals surface area (Å²) in [5.41, 5.74) is 4.16. The van der Waals surface area contributed by atoms with Crippen molar-refractivity contribution in [1.82, 2.24) is 4.98 Å². The number of esters is 1. The van der Waals surface area contributed by atoms with Crippen LogP contribution in [-0.2, 0) is 11.3 Å². The standard InChI is InChI=1S/C16H17NO2/c1-11-9-12(2)15(17-13(11)3)16(18)19-10-14-7-5-4-6-8-14/h4-9H,10H2,1-3H3. The Morgan fingerprint density at radius 1 is 1.11 bits per heavy atom. The predicted molar refractivity (Wildman–Crippen MR) is 74.0 cm³/mol. The first-order valence-electron chi connectivity index (χ1n) is 6.24. The molecule has 0 spiro atoms. The molecule has 0 atom stereocenters. The van der Waals surface area contributed by atoms with Gasteiger partial charge in [-0.2, -0.15) is 0 Å². The Morgan fingerprint density at radius 3 is 2.47 bits per heavy atom. The summed E-state index contributed by atoms with van der Waals surface area (Å²) in [4.78, 5) is 16.3. The lowest BCUT2D eigenvalue weighted by molar-refractivity contribution is 0.0464. The molecule has 1 aromatic carbocycles. The highest BCUT2D eigenvalue weighted by Crippen LogP contribution is 2.13. The summed E-state index contributed by atoms with van der Waals surface area (Å²) in [5.74, 6) is -0.371. The summed E-state index contributed by atoms with van der Waals surface area (Å²) >= 11 is 0. The third-order valence-electron chi connectivity index (χ3n) is 3.06. The summed E-state index contributed by atoms with van der Waals surface area (Å²) in [6.45, 7) is 6.02. The third kappa shape index (κ3) is 3.19. The maximum Gasteiger partial charge on any atom is 0.357 e. The van der Waals surface area contributed by atoms with E-state index in [0.29, 0.717) is 5.69 Å². The molecule has 1 heterocycles. The predicted octanol–water partition coefficient (Wildman–Crippen LogP) is 3.36. The van der Waals surface area contributed by atoms with E-state index in [1.54, 1.807) is 0 Å². The van der Waals surface area contributed by atoms with E-state index < -0.39 is 0 Å². The highest BCUT2D eigenvalue weighted by molar-refractivity contribution is 5.88. The minimum Gasteiger partial charge on any atom is -0.456 e. The molecule has 0 unspecified atom stereocenters. The van der Waals surface area contributed by atoms with Gasteiger partial charge >= 0.3 is 5.97 Å². The van der Waals surface area contributed by atoms with Gasteiger partial charge < -0.3 is 4.74 Å². The van der Waals surface area contributed by atoms with Crippen molar-refractivity contribution >= 4 is 5.97 Å². The molecule has 1 aromatic heterocycles. The fourth-order valence-corrected chi connectivity index (χ4v) is 1.84. The quantitative estimate of drug-likeness (QED) is 0.789. The van der Waals surface area contributed by atoms with E-state index in [1.807, 2.05) is 57.2 Å². The van der Waals surface area contributed by atoms with Crippen LogP contribution in [0.3, 0.4) is 0 Å². The lowest BCUT2D eigenvalue weighted by Gasteiger charge is -2.09. The van der Waals surface area contributed by atoms with Crippen molar-refractivity contribution in [2.75, 3.05) is 0 Å². The number of hydrogen-bond donors (Lipinski definition) is 0. The highest BCUT2D eigenvalue weighted by atomic mass is 16.5. The van der Waals surface area contributed by atoms with Gasteiger partial charge in [-0.25, -0.2) is 9.78 Å². The number of aromatic nitrogens is 1. The van der Waals surface area contributed by atoms with E-state index in [-0.39, 0.29) is 12.6 Å². The summed E-state index contributed by atoms with van der Waals surface area (Å²) in [6.07, 6.45) is 0. The Morgan fingerprint density at radius 2 is 1.79 bits per heavy atom. The summed E-state index contributed by atoms with van der Waals surface area (Å²) < 4.78 is 5.29. The average Bonchev–Trinajstić information content (AvgIpc) is 2.41. The summed E-state index contributed by atoms with van der Waals surface area (Å²) in [6, 6.07) is 11.6. The molecule has 0 saturated carbocycles. The number of nitrogens with zero attached hydrogens (tertiary/aromatic N) is 1. The van der Waals surface area contributed by atoms with Gasteiger partial charge in [0.25, 0.3) is 0 Å². The molecule has 3 heteroatoms. The van der Waals surface area contributed by atoms with Crippen molar-refractivity contribution in [2.45, 2.75) is 27.4 Å². The molecule has 0 aliphatic rings. The number of rotatable bonds is 3. The molecule has 0 aliphatic carbocycles. The Labute approximate surface area is 113 Å². The molecular formula is C16H17NO2. The van der Waals surface area contributed by atoms with Crippen LogP contribution in [0.5, 0.6) is 0 Å². The first kappa shape index (κ1) is 13.3. The zero-order valence-electron chi connectivity index (χ0n) is 11.4. The van der Waals surface area contributed by atoms with Crippen LogP contribution < -0.4 is 0 Å². The van der Waals surface area contributed by atoms with Gasteiger partial charge in [0.05, 0.1) is 0 Å². The SMILES string of the molecule is Cc1cc(C)c(C(=O)OCc2ccccc2)nc1C. The number of hydrogen-bond acceptors (Lipinski definition) is 3. The molecule has 2 aromatic rings. The van der Waals surface area contributed by atoms with Gasteiger partial charge in [0.15, 0.2) is 5.69 Å². The average molecular weight is 255 g/mol. The molecule has 0 radical (unpaired) electrons. The van der Waals surface area contributed by atoms with Crippen LogP contribution in [0, 0.1) is 20.8 Å². The Balaban J connectivity index is 2.10. The van der Waals surface area contributed by atoms with E-state index in [1.165, 1.54) is 0 Å². The molecular weight excluding hydrogens is 238 g/mol. The third-order valence-corrected chi connectivity index (χ3v) is 3.06. The molecule has 3 nitrogen and oxygen atoms in total. The molecule has 0 N–H and O–H groups in total. The van der Waals surface area contributed by atoms with Crippen LogP contribution in [0.2, 0.25) is 0 Å². The molecule has 2 rings (SSSR count). The van der Waals surface area contributed by atoms with Crippen LogP contribution in [0.4, 0.5) is 0 Å². The molecule has 19 heavy (non-hydrogen) atoms. The first-order chi connectivity index (χ1) is 9.08. The second kappa shape index (κ2) is 5.65. The second-order valence-electron chi connectivity index (χ2n) is 4.62. The van der Waals surface area contributed by atoms with Crippen LogP contribution in [0.25, 0.3) is 0 Å². The van der Waals surface area contributed by atoms with Crippen molar-refractivity contribution in [3.63, 3.8) is 0 Å². The topological polar surface area (TPSA) is 39.2 Å². The fourth-order valence-electron chi connectivity index (χ4n) is 1.84. The minimum absolute atomic E-state index is 0.272. The van der Waals surface area contributed by atoms with E-state index in [9.17, 15) is 4.79 Å². The number of aryl methyl sites for hydroxylation is 3. The summed E-state index contributed by atoms with van der Waals surface area (Å²) in [7, 11) is 0. The number of carbonyl (C=O) groups excluding carboxylic acids is 1. The Hall–Kier alpha value is -2.16. The monoisotopic (exact) mass is 255 g/mol. The molecule has 98 valence electrons. The van der Waals surface area contributed by atoms with Gasteiger partial charge in [-0.3, -0.25) is 0 Å². The van der Waals surface area contributed by atoms with E-state index in [0.717, 1.165) is 22.4 Å². The molecule has 0 fully saturated rings. The lowest BCUT2D eigenvalue weighted by Crippen LogP contribution is -2.11. The zero-order chi connectivity index (χ0) is 13.8. The maximum absolute atomic E-state index is 12.0. The number of pyridine rings is 1. The molecule has 0 aliphatic heterocycles. The molecule has 0 bridgehead atoms. The summed E-state index contributed by atoms with van der Waals surface area (Å²) in [5, 5.41) is 0. The lowest BCUT2D eigenvalue weighted by atomic mass is 10.1. The van der Waals surface area contributed by atoms with Crippen molar-refractivity contribution in [3.8, 4) is 0 Å². The number of ether oxygens (including phenoxy) is 1. The van der Waals surface area contributed by atoms with Gasteiger partial charge in [-0.05, 0) is 37.5 Å². The van der Waals surface area contributed by atoms with Gasteiger partial charge in [0.2, 0.25) is 0 Å². The van der Waals surface area contributed by atoms with Gasteiger partial charge in [0, 0.05) is 5.69 Å². The van der Waals surface area contributed by atoms with Gasteiger partial charge in [0.1, 0.15) is 6.61 Å². The zero-order valence-corrected chi connectivity index (χ0v) is 11.4. The van der Waals surface area contributed by atoms with Crippen molar-refractivity contribution < 1.29 is 9.53 Å². The number of benzene rings is 1. The van der Waals surface area contributed by atoms with E-state index in [4.69, 9.17) is 4.74 Å². The second-order valence-corrected chi connectivity index (χ2v) is 4.62. The van der Waals surface area contributed by atoms with Crippen LogP contribution in [-0.4, -0.2) is 11.0 Å². The van der Waals surface area contributed by atoms with Crippen LogP contribution in [0.15, 0.2) is 36.4 Å². The van der Waals surface area contributed by atoms with Gasteiger partial charge in [-0.1, -0.05) is 36.4 Å². The maximum atomic E-state index is 12.0. The van der Waals surface area contributed by atoms with Crippen LogP contribution in [0.1, 0.15) is 32.9 Å². The van der Waals surface area contributed by atoms with E-state index >= 15 is 0 Å². The van der Waals surface area contributed by atoms with Crippen LogP contribution >= 0.6 is 0 Å². The van der Waals surface area contributed by atoms with Crippen molar-refractivity contribution in [2.24, 2.45) is 0 Å². The highest BCUT2D eigenvalue weighted by Gasteiger charge is 2.14. The largest absolute Gasteiger partial charge is 0.456 e. The van der Waals surface area contributed by atoms with Crippen molar-refractivity contribution in [1.29, 1.82) is 0 Å². The Kier molecular flexibility index (Phi) is 3.95. The fraction of sp³-hybridized carbons (Fsp3) is 0.250. The molecule has 0 amide bonds. The normalized spacial score (nSPS) is 10.3. The first-order valence-corrected chi connectivity index (χ1v) is 6.24. The van der Waals surface area contributed by atoms with Crippen molar-refractivity contribution in [3.05, 3.63) is 64.5 Å². The minimum atomic E-state index is -0.371. The number of carbonyl (C=O) groups is 1. The van der Waals surface area contributed by atoms with Gasteiger partial charge in [-0.15, -0.1) is 0 Å². The van der Waals surface area contributed by atoms with E-state index in [2.05, 4.69) is 4.98 Å². The molecule has 0 saturated heterocycles.